The maximum Gasteiger partial charge on any atom is 0.344 e. The molecule has 0 amide bonds. The van der Waals surface area contributed by atoms with Gasteiger partial charge in [-0.1, -0.05) is 91.7 Å². The molecule has 5 aromatic rings. The van der Waals surface area contributed by atoms with E-state index >= 15 is 0 Å². The van der Waals surface area contributed by atoms with E-state index in [1.165, 1.54) is 36.6 Å². The van der Waals surface area contributed by atoms with E-state index in [9.17, 15) is 4.79 Å². The van der Waals surface area contributed by atoms with Gasteiger partial charge in [-0.05, 0) is 63.4 Å². The Hall–Kier alpha value is -3.65. The lowest BCUT2D eigenvalue weighted by Gasteiger charge is -2.16. The predicted molar refractivity (Wildman–Crippen MR) is 132 cm³/mol. The third-order valence-electron chi connectivity index (χ3n) is 6.89. The van der Waals surface area contributed by atoms with Crippen LogP contribution in [0.15, 0.2) is 91.0 Å². The van der Waals surface area contributed by atoms with Crippen LogP contribution in [0.1, 0.15) is 47.5 Å². The summed E-state index contributed by atoms with van der Waals surface area (Å²) in [7, 11) is 0. The van der Waals surface area contributed by atoms with Crippen molar-refractivity contribution in [1.29, 1.82) is 0 Å². The first-order chi connectivity index (χ1) is 15.8. The number of ether oxygens (including phenoxy) is 1. The van der Waals surface area contributed by atoms with E-state index in [4.69, 9.17) is 4.74 Å². The molecule has 1 fully saturated rings. The fraction of sp³-hybridized carbons (Fsp3) is 0.167. The van der Waals surface area contributed by atoms with Crippen LogP contribution in [0.5, 0.6) is 5.75 Å². The monoisotopic (exact) mass is 416 g/mol. The van der Waals surface area contributed by atoms with Crippen LogP contribution in [-0.2, 0) is 0 Å². The molecule has 0 radical (unpaired) electrons. The summed E-state index contributed by atoms with van der Waals surface area (Å²) in [5.74, 6) is 0.924. The molecule has 156 valence electrons. The van der Waals surface area contributed by atoms with Gasteiger partial charge in [-0.15, -0.1) is 0 Å². The van der Waals surface area contributed by atoms with Crippen LogP contribution < -0.4 is 4.74 Å². The van der Waals surface area contributed by atoms with Crippen LogP contribution in [0.3, 0.4) is 0 Å². The average Bonchev–Trinajstić information content (AvgIpc) is 3.37. The van der Waals surface area contributed by atoms with Crippen LogP contribution in [0.25, 0.3) is 32.3 Å². The molecule has 2 heteroatoms. The van der Waals surface area contributed by atoms with Gasteiger partial charge < -0.3 is 4.74 Å². The highest BCUT2D eigenvalue weighted by Crippen LogP contribution is 2.40. The summed E-state index contributed by atoms with van der Waals surface area (Å²) in [6, 6.07) is 30.6. The first-order valence-corrected chi connectivity index (χ1v) is 11.4. The first kappa shape index (κ1) is 19.1. The fourth-order valence-electron chi connectivity index (χ4n) is 5.36. The second-order valence-corrected chi connectivity index (χ2v) is 8.76. The van der Waals surface area contributed by atoms with Crippen molar-refractivity contribution in [3.63, 3.8) is 0 Å². The number of carbonyl (C=O) groups is 1. The first-order valence-electron chi connectivity index (χ1n) is 11.4. The minimum absolute atomic E-state index is 0.309. The van der Waals surface area contributed by atoms with Crippen molar-refractivity contribution in [2.45, 2.75) is 31.6 Å². The Labute approximate surface area is 187 Å². The van der Waals surface area contributed by atoms with Crippen LogP contribution in [-0.4, -0.2) is 5.97 Å². The van der Waals surface area contributed by atoms with Gasteiger partial charge in [-0.25, -0.2) is 4.79 Å². The molecule has 1 saturated carbocycles. The summed E-state index contributed by atoms with van der Waals surface area (Å²) in [4.78, 5) is 13.6. The zero-order valence-electron chi connectivity index (χ0n) is 17.9. The molecular formula is C30H24O2. The normalized spacial score (nSPS) is 14.4. The Morgan fingerprint density at radius 3 is 1.88 bits per heavy atom. The second kappa shape index (κ2) is 7.80. The lowest BCUT2D eigenvalue weighted by molar-refractivity contribution is 0.0741. The number of benzene rings is 5. The van der Waals surface area contributed by atoms with E-state index < -0.39 is 0 Å². The topological polar surface area (TPSA) is 26.3 Å². The van der Waals surface area contributed by atoms with Gasteiger partial charge in [0.05, 0.1) is 5.56 Å². The van der Waals surface area contributed by atoms with Gasteiger partial charge in [-0.3, -0.25) is 0 Å². The molecule has 0 atom stereocenters. The Morgan fingerprint density at radius 1 is 0.656 bits per heavy atom. The van der Waals surface area contributed by atoms with Crippen molar-refractivity contribution in [3.8, 4) is 5.75 Å². The summed E-state index contributed by atoms with van der Waals surface area (Å²) in [5.41, 5.74) is 2.01. The molecule has 1 aliphatic rings. The zero-order valence-corrected chi connectivity index (χ0v) is 17.9. The van der Waals surface area contributed by atoms with E-state index in [-0.39, 0.29) is 5.97 Å². The van der Waals surface area contributed by atoms with Gasteiger partial charge in [0.15, 0.2) is 0 Å². The van der Waals surface area contributed by atoms with Crippen LogP contribution in [0, 0.1) is 0 Å². The van der Waals surface area contributed by atoms with Crippen LogP contribution in [0.2, 0.25) is 0 Å². The van der Waals surface area contributed by atoms with Gasteiger partial charge >= 0.3 is 5.97 Å². The Kier molecular flexibility index (Phi) is 4.65. The molecule has 0 aliphatic heterocycles. The highest BCUT2D eigenvalue weighted by atomic mass is 16.5. The highest BCUT2D eigenvalue weighted by Gasteiger charge is 2.22. The Morgan fingerprint density at radius 2 is 1.22 bits per heavy atom. The lowest BCUT2D eigenvalue weighted by Crippen LogP contribution is -2.10. The predicted octanol–water partition coefficient (Wildman–Crippen LogP) is 8.02. The average molecular weight is 417 g/mol. The standard InChI is InChI=1S/C30H24O2/c31-30(29-24-13-5-3-11-21(24)19-22-12-4-6-14-25(22)29)32-28-18-17-23(20-9-1-2-10-20)26-15-7-8-16-27(26)28/h3-8,11-20H,1-2,9-10H2. The third-order valence-corrected chi connectivity index (χ3v) is 6.89. The molecule has 0 spiro atoms. The van der Waals surface area contributed by atoms with Crippen LogP contribution >= 0.6 is 0 Å². The number of hydrogen-bond donors (Lipinski definition) is 0. The molecule has 0 aromatic heterocycles. The van der Waals surface area contributed by atoms with Gasteiger partial charge in [-0.2, -0.15) is 0 Å². The molecule has 32 heavy (non-hydrogen) atoms. The smallest absolute Gasteiger partial charge is 0.344 e. The molecule has 0 N–H and O–H groups in total. The molecule has 1 aliphatic carbocycles. The molecular weight excluding hydrogens is 392 g/mol. The molecule has 0 saturated heterocycles. The number of esters is 1. The lowest BCUT2D eigenvalue weighted by atomic mass is 9.92. The van der Waals surface area contributed by atoms with Crippen LogP contribution in [0.4, 0.5) is 0 Å². The Balaban J connectivity index is 1.48. The van der Waals surface area contributed by atoms with E-state index in [2.05, 4.69) is 30.3 Å². The number of hydrogen-bond acceptors (Lipinski definition) is 2. The quantitative estimate of drug-likeness (QED) is 0.169. The largest absolute Gasteiger partial charge is 0.422 e. The van der Waals surface area contributed by atoms with Crippen molar-refractivity contribution in [2.24, 2.45) is 0 Å². The van der Waals surface area contributed by atoms with Crippen molar-refractivity contribution in [1.82, 2.24) is 0 Å². The van der Waals surface area contributed by atoms with Gasteiger partial charge in [0, 0.05) is 5.39 Å². The summed E-state index contributed by atoms with van der Waals surface area (Å²) in [6.45, 7) is 0. The summed E-state index contributed by atoms with van der Waals surface area (Å²) in [5, 5.41) is 6.13. The molecule has 0 heterocycles. The molecule has 5 aromatic carbocycles. The van der Waals surface area contributed by atoms with E-state index in [0.717, 1.165) is 26.9 Å². The highest BCUT2D eigenvalue weighted by molar-refractivity contribution is 6.17. The van der Waals surface area contributed by atoms with Crippen molar-refractivity contribution >= 4 is 38.3 Å². The summed E-state index contributed by atoms with van der Waals surface area (Å²) in [6.07, 6.45) is 5.07. The molecule has 2 nitrogen and oxygen atoms in total. The minimum Gasteiger partial charge on any atom is -0.422 e. The van der Waals surface area contributed by atoms with E-state index in [0.29, 0.717) is 17.2 Å². The Bertz CT molecular complexity index is 1420. The number of carbonyl (C=O) groups excluding carboxylic acids is 1. The van der Waals surface area contributed by atoms with Crippen molar-refractivity contribution < 1.29 is 9.53 Å². The minimum atomic E-state index is -0.309. The maximum absolute atomic E-state index is 13.6. The zero-order chi connectivity index (χ0) is 21.5. The number of rotatable bonds is 3. The summed E-state index contributed by atoms with van der Waals surface area (Å²) >= 11 is 0. The van der Waals surface area contributed by atoms with Crippen molar-refractivity contribution in [2.75, 3.05) is 0 Å². The van der Waals surface area contributed by atoms with E-state index in [1.807, 2.05) is 60.7 Å². The third kappa shape index (κ3) is 3.15. The molecule has 6 rings (SSSR count). The van der Waals surface area contributed by atoms with Gasteiger partial charge in [0.1, 0.15) is 5.75 Å². The number of fused-ring (bicyclic) bond motifs is 3. The van der Waals surface area contributed by atoms with Crippen molar-refractivity contribution in [3.05, 3.63) is 102 Å². The molecule has 0 unspecified atom stereocenters. The second-order valence-electron chi connectivity index (χ2n) is 8.76. The maximum atomic E-state index is 13.6. The van der Waals surface area contributed by atoms with Gasteiger partial charge in [0.2, 0.25) is 0 Å². The van der Waals surface area contributed by atoms with Gasteiger partial charge in [0.25, 0.3) is 0 Å². The SMILES string of the molecule is O=C(Oc1ccc(C2CCCC2)c2ccccc12)c1c2ccccc2cc2ccccc12. The summed E-state index contributed by atoms with van der Waals surface area (Å²) < 4.78 is 6.11. The van der Waals surface area contributed by atoms with E-state index in [1.54, 1.807) is 0 Å². The fourth-order valence-corrected chi connectivity index (χ4v) is 5.36. The molecule has 0 bridgehead atoms.